The summed E-state index contributed by atoms with van der Waals surface area (Å²) in [4.78, 5) is 30.4. The van der Waals surface area contributed by atoms with Crippen LogP contribution in [-0.4, -0.2) is 50.9 Å². The summed E-state index contributed by atoms with van der Waals surface area (Å²) >= 11 is 6.25. The number of rotatable bonds is 13. The van der Waals surface area contributed by atoms with Crippen LogP contribution in [0.4, 0.5) is 5.69 Å². The molecule has 0 aliphatic heterocycles. The molecule has 0 aromatic heterocycles. The number of sulfonamides is 1. The first-order valence-corrected chi connectivity index (χ1v) is 17.6. The molecule has 8 nitrogen and oxygen atoms in total. The molecule has 2 amide bonds. The van der Waals surface area contributed by atoms with Gasteiger partial charge in [0, 0.05) is 24.0 Å². The van der Waals surface area contributed by atoms with Crippen molar-refractivity contribution in [2.24, 2.45) is 0 Å². The molecule has 0 bridgehead atoms. The lowest BCUT2D eigenvalue weighted by Gasteiger charge is -2.34. The maximum absolute atomic E-state index is 14.7. The second-order valence-corrected chi connectivity index (χ2v) is 14.1. The molecular formula is C37H40ClN3O5S. The highest BCUT2D eigenvalue weighted by atomic mass is 35.5. The third-order valence-electron chi connectivity index (χ3n) is 8.50. The maximum Gasteiger partial charge on any atom is 0.264 e. The summed E-state index contributed by atoms with van der Waals surface area (Å²) < 4.78 is 35.0. The number of hydrogen-bond acceptors (Lipinski definition) is 5. The summed E-state index contributed by atoms with van der Waals surface area (Å²) in [6, 6.07) is 28.8. The first-order chi connectivity index (χ1) is 22.7. The van der Waals surface area contributed by atoms with Crippen LogP contribution in [0.15, 0.2) is 108 Å². The molecule has 4 aromatic rings. The second-order valence-electron chi connectivity index (χ2n) is 11.8. The molecule has 0 heterocycles. The zero-order valence-electron chi connectivity index (χ0n) is 26.6. The zero-order chi connectivity index (χ0) is 33.4. The van der Waals surface area contributed by atoms with Crippen LogP contribution in [0, 0.1) is 6.92 Å². The van der Waals surface area contributed by atoms with Gasteiger partial charge in [-0.2, -0.15) is 0 Å². The Morgan fingerprint density at radius 1 is 0.894 bits per heavy atom. The number of aryl methyl sites for hydroxylation is 1. The highest BCUT2D eigenvalue weighted by Gasteiger charge is 2.36. The van der Waals surface area contributed by atoms with Crippen molar-refractivity contribution < 1.29 is 22.7 Å². The lowest BCUT2D eigenvalue weighted by atomic mass is 10.0. The van der Waals surface area contributed by atoms with Gasteiger partial charge in [0.2, 0.25) is 11.8 Å². The molecule has 10 heteroatoms. The van der Waals surface area contributed by atoms with Gasteiger partial charge < -0.3 is 15.0 Å². The van der Waals surface area contributed by atoms with Gasteiger partial charge in [0.15, 0.2) is 0 Å². The van der Waals surface area contributed by atoms with E-state index in [2.05, 4.69) is 5.32 Å². The fraction of sp³-hybridized carbons (Fsp3) is 0.297. The first kappa shape index (κ1) is 34.0. The molecule has 1 N–H and O–H groups in total. The Morgan fingerprint density at radius 3 is 2.21 bits per heavy atom. The van der Waals surface area contributed by atoms with Gasteiger partial charge in [0.1, 0.15) is 18.3 Å². The smallest absolute Gasteiger partial charge is 0.264 e. The van der Waals surface area contributed by atoms with Gasteiger partial charge in [0.25, 0.3) is 10.0 Å². The van der Waals surface area contributed by atoms with Gasteiger partial charge in [-0.1, -0.05) is 85.1 Å². The fourth-order valence-electron chi connectivity index (χ4n) is 6.02. The lowest BCUT2D eigenvalue weighted by molar-refractivity contribution is -0.140. The Kier molecular flexibility index (Phi) is 11.2. The molecule has 0 radical (unpaired) electrons. The van der Waals surface area contributed by atoms with Crippen molar-refractivity contribution in [2.45, 2.75) is 62.6 Å². The Bertz CT molecular complexity index is 1780. The van der Waals surface area contributed by atoms with E-state index in [4.69, 9.17) is 16.3 Å². The third kappa shape index (κ3) is 8.53. The normalized spacial score (nSPS) is 13.9. The number of hydrogen-bond donors (Lipinski definition) is 1. The van der Waals surface area contributed by atoms with Crippen LogP contribution in [0.1, 0.15) is 42.4 Å². The van der Waals surface area contributed by atoms with Gasteiger partial charge in [-0.05, 0) is 78.9 Å². The van der Waals surface area contributed by atoms with Gasteiger partial charge >= 0.3 is 0 Å². The Morgan fingerprint density at radius 2 is 1.55 bits per heavy atom. The molecule has 1 atom stereocenters. The standard InChI is InChI=1S/C37H40ClN3O5S/c1-27-22-30(38)20-21-34(27)41(47(44,45)33-18-7-4-8-19-33)26-36(42)40(25-29-14-11-17-32(23-29)46-2)35(24-28-12-5-3-6-13-28)37(43)39-31-15-9-10-16-31/h3-8,11-14,17-23,31,35H,9-10,15-16,24-26H2,1-2H3,(H,39,43). The molecule has 0 saturated heterocycles. The maximum atomic E-state index is 14.7. The van der Waals surface area contributed by atoms with Gasteiger partial charge in [-0.3, -0.25) is 13.9 Å². The molecule has 1 aliphatic rings. The van der Waals surface area contributed by atoms with Gasteiger partial charge in [-0.15, -0.1) is 0 Å². The van der Waals surface area contributed by atoms with Crippen LogP contribution >= 0.6 is 11.6 Å². The van der Waals surface area contributed by atoms with Gasteiger partial charge in [-0.25, -0.2) is 8.42 Å². The summed E-state index contributed by atoms with van der Waals surface area (Å²) in [6.45, 7) is 1.27. The second kappa shape index (κ2) is 15.5. The van der Waals surface area contributed by atoms with Crippen molar-refractivity contribution in [3.63, 3.8) is 0 Å². The molecule has 246 valence electrons. The minimum atomic E-state index is -4.20. The first-order valence-electron chi connectivity index (χ1n) is 15.8. The van der Waals surface area contributed by atoms with E-state index in [1.807, 2.05) is 48.5 Å². The van der Waals surface area contributed by atoms with E-state index in [1.54, 1.807) is 56.5 Å². The minimum absolute atomic E-state index is 0.0289. The average Bonchev–Trinajstić information content (AvgIpc) is 3.59. The van der Waals surface area contributed by atoms with E-state index >= 15 is 0 Å². The zero-order valence-corrected chi connectivity index (χ0v) is 28.2. The lowest BCUT2D eigenvalue weighted by Crippen LogP contribution is -2.54. The summed E-state index contributed by atoms with van der Waals surface area (Å²) in [7, 11) is -2.64. The van der Waals surface area contributed by atoms with Crippen LogP contribution in [0.3, 0.4) is 0 Å². The molecular weight excluding hydrogens is 634 g/mol. The predicted octanol–water partition coefficient (Wildman–Crippen LogP) is 6.55. The van der Waals surface area contributed by atoms with E-state index in [1.165, 1.54) is 17.0 Å². The molecule has 1 aliphatic carbocycles. The van der Waals surface area contributed by atoms with E-state index in [0.29, 0.717) is 22.0 Å². The number of anilines is 1. The van der Waals surface area contributed by atoms with E-state index in [-0.39, 0.29) is 29.8 Å². The number of methoxy groups -OCH3 is 1. The number of nitrogens with one attached hydrogen (secondary N) is 1. The minimum Gasteiger partial charge on any atom is -0.497 e. The average molecular weight is 674 g/mol. The number of carbonyl (C=O) groups excluding carboxylic acids is 2. The highest BCUT2D eigenvalue weighted by Crippen LogP contribution is 2.30. The molecule has 0 spiro atoms. The van der Waals surface area contributed by atoms with Crippen molar-refractivity contribution in [1.29, 1.82) is 0 Å². The highest BCUT2D eigenvalue weighted by molar-refractivity contribution is 7.92. The molecule has 4 aromatic carbocycles. The summed E-state index contributed by atoms with van der Waals surface area (Å²) in [5.74, 6) is -0.184. The monoisotopic (exact) mass is 673 g/mol. The number of ether oxygens (including phenoxy) is 1. The van der Waals surface area contributed by atoms with Crippen molar-refractivity contribution in [3.05, 3.63) is 125 Å². The van der Waals surface area contributed by atoms with Crippen molar-refractivity contribution in [1.82, 2.24) is 10.2 Å². The van der Waals surface area contributed by atoms with Crippen LogP contribution in [0.25, 0.3) is 0 Å². The molecule has 1 unspecified atom stereocenters. The Labute approximate surface area is 282 Å². The van der Waals surface area contributed by atoms with E-state index in [0.717, 1.165) is 41.1 Å². The van der Waals surface area contributed by atoms with Gasteiger partial charge in [0.05, 0.1) is 17.7 Å². The summed E-state index contributed by atoms with van der Waals surface area (Å²) in [5, 5.41) is 3.64. The van der Waals surface area contributed by atoms with E-state index < -0.39 is 28.5 Å². The molecule has 47 heavy (non-hydrogen) atoms. The SMILES string of the molecule is COc1cccc(CN(C(=O)CN(c2ccc(Cl)cc2C)S(=O)(=O)c2ccccc2)C(Cc2ccccc2)C(=O)NC2CCCC2)c1. The van der Waals surface area contributed by atoms with Crippen molar-refractivity contribution in [3.8, 4) is 5.75 Å². The summed E-state index contributed by atoms with van der Waals surface area (Å²) in [5.41, 5.74) is 2.53. The third-order valence-corrected chi connectivity index (χ3v) is 10.5. The quantitative estimate of drug-likeness (QED) is 0.174. The van der Waals surface area contributed by atoms with Crippen LogP contribution in [0.5, 0.6) is 5.75 Å². The fourth-order valence-corrected chi connectivity index (χ4v) is 7.75. The topological polar surface area (TPSA) is 96.0 Å². The van der Waals surface area contributed by atoms with Crippen LogP contribution < -0.4 is 14.4 Å². The van der Waals surface area contributed by atoms with E-state index in [9.17, 15) is 18.0 Å². The summed E-state index contributed by atoms with van der Waals surface area (Å²) in [6.07, 6.45) is 4.08. The number of halogens is 1. The van der Waals surface area contributed by atoms with Crippen LogP contribution in [-0.2, 0) is 32.6 Å². The molecule has 1 fully saturated rings. The van der Waals surface area contributed by atoms with Crippen LogP contribution in [0.2, 0.25) is 5.02 Å². The largest absolute Gasteiger partial charge is 0.497 e. The Balaban J connectivity index is 1.59. The molecule has 1 saturated carbocycles. The number of nitrogens with zero attached hydrogens (tertiary/aromatic N) is 2. The predicted molar refractivity (Wildman–Crippen MR) is 185 cm³/mol. The number of amides is 2. The number of carbonyl (C=O) groups is 2. The van der Waals surface area contributed by atoms with Crippen molar-refractivity contribution in [2.75, 3.05) is 18.0 Å². The number of benzene rings is 4. The Hall–Kier alpha value is -4.34. The van der Waals surface area contributed by atoms with Crippen molar-refractivity contribution >= 4 is 39.1 Å². The molecule has 5 rings (SSSR count).